The van der Waals surface area contributed by atoms with Crippen molar-refractivity contribution in [3.63, 3.8) is 0 Å². The molecule has 2 aliphatic heterocycles. The largest absolute Gasteiger partial charge is 0.383 e. The summed E-state index contributed by atoms with van der Waals surface area (Å²) in [6.45, 7) is 0.884. The Labute approximate surface area is 132 Å². The number of carbonyl (C=O) groups is 3. The number of hydrogen-bond donors (Lipinski definition) is 4. The van der Waals surface area contributed by atoms with E-state index in [9.17, 15) is 19.5 Å². The van der Waals surface area contributed by atoms with Gasteiger partial charge in [-0.2, -0.15) is 0 Å². The smallest absolute Gasteiger partial charge is 0.259 e. The summed E-state index contributed by atoms with van der Waals surface area (Å²) >= 11 is 0. The van der Waals surface area contributed by atoms with Crippen LogP contribution < -0.4 is 16.4 Å². The van der Waals surface area contributed by atoms with Crippen LogP contribution in [-0.4, -0.2) is 46.9 Å². The van der Waals surface area contributed by atoms with Crippen molar-refractivity contribution < 1.29 is 19.5 Å². The van der Waals surface area contributed by atoms with Gasteiger partial charge in [0.05, 0.1) is 5.56 Å². The maximum absolute atomic E-state index is 12.7. The van der Waals surface area contributed by atoms with E-state index in [2.05, 4.69) is 10.6 Å². The fraction of sp³-hybridized carbons (Fsp3) is 0.400. The first kappa shape index (κ1) is 15.4. The van der Waals surface area contributed by atoms with Crippen LogP contribution in [0.15, 0.2) is 18.2 Å². The Morgan fingerprint density at radius 1 is 1.35 bits per heavy atom. The lowest BCUT2D eigenvalue weighted by Crippen LogP contribution is -2.53. The number of fused-ring (bicyclic) bond motifs is 1. The minimum atomic E-state index is -1.21. The zero-order chi connectivity index (χ0) is 16.6. The van der Waals surface area contributed by atoms with Crippen LogP contribution >= 0.6 is 0 Å². The predicted octanol–water partition coefficient (Wildman–Crippen LogP) is -0.691. The molecular weight excluding hydrogens is 300 g/mol. The van der Waals surface area contributed by atoms with Gasteiger partial charge in [-0.3, -0.25) is 24.6 Å². The maximum Gasteiger partial charge on any atom is 0.259 e. The summed E-state index contributed by atoms with van der Waals surface area (Å²) in [5.74, 6) is -1.35. The second-order valence-corrected chi connectivity index (χ2v) is 5.54. The number of nitrogens with one attached hydrogen (secondary N) is 2. The maximum atomic E-state index is 12.7. The van der Waals surface area contributed by atoms with E-state index in [0.29, 0.717) is 29.9 Å². The molecule has 0 radical (unpaired) electrons. The van der Waals surface area contributed by atoms with Crippen LogP contribution in [-0.2, 0) is 9.59 Å². The van der Waals surface area contributed by atoms with E-state index in [-0.39, 0.29) is 18.7 Å². The van der Waals surface area contributed by atoms with Crippen molar-refractivity contribution in [1.82, 2.24) is 10.2 Å². The quantitative estimate of drug-likeness (QED) is 0.545. The fourth-order valence-electron chi connectivity index (χ4n) is 3.03. The lowest BCUT2D eigenvalue weighted by Gasteiger charge is -2.31. The number of nitrogens with two attached hydrogens (primary N) is 1. The Morgan fingerprint density at radius 3 is 2.83 bits per heavy atom. The van der Waals surface area contributed by atoms with Crippen molar-refractivity contribution in [1.29, 1.82) is 0 Å². The number of rotatable bonds is 4. The number of aliphatic hydroxyl groups excluding tert-OH is 1. The summed E-state index contributed by atoms with van der Waals surface area (Å²) in [4.78, 5) is 37.2. The van der Waals surface area contributed by atoms with Crippen molar-refractivity contribution in [3.8, 4) is 0 Å². The topological polar surface area (TPSA) is 125 Å². The molecule has 23 heavy (non-hydrogen) atoms. The zero-order valence-corrected chi connectivity index (χ0v) is 12.4. The van der Waals surface area contributed by atoms with Gasteiger partial charge in [-0.05, 0) is 12.5 Å². The SMILES string of the molecule is NCCNc1cccc2c1C(=O)N(C1CCC(=O)NC1=O)C2O. The van der Waals surface area contributed by atoms with Gasteiger partial charge in [0.15, 0.2) is 6.23 Å². The molecule has 0 aliphatic carbocycles. The van der Waals surface area contributed by atoms with E-state index < -0.39 is 24.1 Å². The summed E-state index contributed by atoms with van der Waals surface area (Å²) in [6, 6.07) is 4.25. The molecule has 0 bridgehead atoms. The molecule has 2 heterocycles. The lowest BCUT2D eigenvalue weighted by atomic mass is 10.0. The van der Waals surface area contributed by atoms with Gasteiger partial charge in [0.1, 0.15) is 6.04 Å². The minimum absolute atomic E-state index is 0.140. The highest BCUT2D eigenvalue weighted by molar-refractivity contribution is 6.08. The van der Waals surface area contributed by atoms with E-state index in [1.54, 1.807) is 18.2 Å². The first-order chi connectivity index (χ1) is 11.0. The van der Waals surface area contributed by atoms with Gasteiger partial charge in [0.25, 0.3) is 5.91 Å². The van der Waals surface area contributed by atoms with Crippen LogP contribution in [0.2, 0.25) is 0 Å². The van der Waals surface area contributed by atoms with E-state index >= 15 is 0 Å². The average Bonchev–Trinajstić information content (AvgIpc) is 2.78. The molecule has 5 N–H and O–H groups in total. The average molecular weight is 318 g/mol. The molecule has 0 spiro atoms. The number of nitrogens with zero attached hydrogens (tertiary/aromatic N) is 1. The van der Waals surface area contributed by atoms with Crippen molar-refractivity contribution in [2.45, 2.75) is 25.1 Å². The summed E-state index contributed by atoms with van der Waals surface area (Å²) in [6.07, 6.45) is -0.866. The van der Waals surface area contributed by atoms with Gasteiger partial charge < -0.3 is 16.2 Å². The number of piperidine rings is 1. The van der Waals surface area contributed by atoms with Crippen LogP contribution in [0.1, 0.15) is 35.0 Å². The predicted molar refractivity (Wildman–Crippen MR) is 81.3 cm³/mol. The highest BCUT2D eigenvalue weighted by Gasteiger charge is 2.45. The van der Waals surface area contributed by atoms with Crippen molar-refractivity contribution in [2.24, 2.45) is 5.73 Å². The number of aliphatic hydroxyl groups is 1. The summed E-state index contributed by atoms with van der Waals surface area (Å²) in [5, 5.41) is 15.7. The first-order valence-electron chi connectivity index (χ1n) is 7.46. The van der Waals surface area contributed by atoms with Crippen molar-refractivity contribution >= 4 is 23.4 Å². The standard InChI is InChI=1S/C15H18N4O4/c16-6-7-17-9-3-1-2-8-12(9)15(23)19(14(8)22)10-4-5-11(20)18-13(10)21/h1-3,10,14,17,22H,4-7,16H2,(H,18,20,21). The van der Waals surface area contributed by atoms with Crippen LogP contribution in [0.3, 0.4) is 0 Å². The third-order valence-electron chi connectivity index (χ3n) is 4.09. The van der Waals surface area contributed by atoms with Gasteiger partial charge in [0, 0.05) is 30.8 Å². The third kappa shape index (κ3) is 2.55. The molecule has 8 nitrogen and oxygen atoms in total. The zero-order valence-electron chi connectivity index (χ0n) is 12.4. The molecule has 2 aliphatic rings. The van der Waals surface area contributed by atoms with Crippen LogP contribution in [0.25, 0.3) is 0 Å². The van der Waals surface area contributed by atoms with E-state index in [1.165, 1.54) is 0 Å². The Bertz CT molecular complexity index is 675. The second kappa shape index (κ2) is 5.98. The van der Waals surface area contributed by atoms with E-state index in [4.69, 9.17) is 5.73 Å². The Balaban J connectivity index is 1.93. The lowest BCUT2D eigenvalue weighted by molar-refractivity contribution is -0.139. The number of carbonyl (C=O) groups excluding carboxylic acids is 3. The molecule has 1 saturated heterocycles. The molecule has 122 valence electrons. The molecule has 1 aromatic carbocycles. The number of imide groups is 1. The molecule has 8 heteroatoms. The fourth-order valence-corrected chi connectivity index (χ4v) is 3.03. The molecular formula is C15H18N4O4. The molecule has 2 unspecified atom stereocenters. The minimum Gasteiger partial charge on any atom is -0.383 e. The van der Waals surface area contributed by atoms with Crippen molar-refractivity contribution in [3.05, 3.63) is 29.3 Å². The van der Waals surface area contributed by atoms with Crippen LogP contribution in [0.4, 0.5) is 5.69 Å². The van der Waals surface area contributed by atoms with E-state index in [0.717, 1.165) is 4.90 Å². The molecule has 0 saturated carbocycles. The Hall–Kier alpha value is -2.45. The van der Waals surface area contributed by atoms with Gasteiger partial charge in [-0.25, -0.2) is 0 Å². The molecule has 0 aromatic heterocycles. The molecule has 1 fully saturated rings. The van der Waals surface area contributed by atoms with Crippen LogP contribution in [0.5, 0.6) is 0 Å². The normalized spacial score (nSPS) is 23.7. The number of anilines is 1. The summed E-state index contributed by atoms with van der Waals surface area (Å²) in [5.41, 5.74) is 6.83. The second-order valence-electron chi connectivity index (χ2n) is 5.54. The molecule has 3 amide bonds. The van der Waals surface area contributed by atoms with E-state index in [1.807, 2.05) is 0 Å². The monoisotopic (exact) mass is 318 g/mol. The summed E-state index contributed by atoms with van der Waals surface area (Å²) in [7, 11) is 0. The first-order valence-corrected chi connectivity index (χ1v) is 7.46. The highest BCUT2D eigenvalue weighted by Crippen LogP contribution is 2.38. The summed E-state index contributed by atoms with van der Waals surface area (Å²) < 4.78 is 0. The Morgan fingerprint density at radius 2 is 2.13 bits per heavy atom. The number of hydrogen-bond acceptors (Lipinski definition) is 6. The Kier molecular flexibility index (Phi) is 4.01. The molecule has 1 aromatic rings. The number of amides is 3. The van der Waals surface area contributed by atoms with Gasteiger partial charge in [-0.15, -0.1) is 0 Å². The number of benzene rings is 1. The highest BCUT2D eigenvalue weighted by atomic mass is 16.3. The van der Waals surface area contributed by atoms with Crippen molar-refractivity contribution in [2.75, 3.05) is 18.4 Å². The molecule has 3 rings (SSSR count). The van der Waals surface area contributed by atoms with Gasteiger partial charge >= 0.3 is 0 Å². The third-order valence-corrected chi connectivity index (χ3v) is 4.09. The molecule has 2 atom stereocenters. The van der Waals surface area contributed by atoms with Gasteiger partial charge in [0.2, 0.25) is 11.8 Å². The van der Waals surface area contributed by atoms with Crippen LogP contribution in [0, 0.1) is 0 Å². The van der Waals surface area contributed by atoms with Gasteiger partial charge in [-0.1, -0.05) is 12.1 Å².